The second kappa shape index (κ2) is 6.55. The van der Waals surface area contributed by atoms with Crippen LogP contribution in [0.5, 0.6) is 0 Å². The molecule has 0 atom stereocenters. The third-order valence-corrected chi connectivity index (χ3v) is 6.28. The fraction of sp³-hybridized carbons (Fsp3) is 0.435. The van der Waals surface area contributed by atoms with Gasteiger partial charge in [0.1, 0.15) is 0 Å². The van der Waals surface area contributed by atoms with Gasteiger partial charge in [0.25, 0.3) is 5.91 Å². The highest BCUT2D eigenvalue weighted by molar-refractivity contribution is 6.07. The summed E-state index contributed by atoms with van der Waals surface area (Å²) in [6.45, 7) is 10.6. The lowest BCUT2D eigenvalue weighted by atomic mass is 9.74. The maximum absolute atomic E-state index is 13.3. The Hall–Kier alpha value is -2.13. The zero-order valence-electron chi connectivity index (χ0n) is 16.1. The number of anilines is 1. The van der Waals surface area contributed by atoms with Gasteiger partial charge >= 0.3 is 0 Å². The maximum atomic E-state index is 13.3. The SMILES string of the molecule is CCN1CCC2(CC1)CN(C(=O)c1ccc(C)cc1)c1ccc(C)cc12. The maximum Gasteiger partial charge on any atom is 0.258 e. The van der Waals surface area contributed by atoms with Crippen LogP contribution in [0.2, 0.25) is 0 Å². The van der Waals surface area contributed by atoms with E-state index in [2.05, 4.69) is 43.9 Å². The van der Waals surface area contributed by atoms with Gasteiger partial charge in [0, 0.05) is 23.2 Å². The monoisotopic (exact) mass is 348 g/mol. The molecule has 3 nitrogen and oxygen atoms in total. The fourth-order valence-corrected chi connectivity index (χ4v) is 4.54. The van der Waals surface area contributed by atoms with Crippen molar-refractivity contribution in [2.45, 2.75) is 39.0 Å². The smallest absolute Gasteiger partial charge is 0.258 e. The van der Waals surface area contributed by atoms with Crippen LogP contribution < -0.4 is 4.90 Å². The van der Waals surface area contributed by atoms with Crippen molar-refractivity contribution in [2.75, 3.05) is 31.1 Å². The van der Waals surface area contributed by atoms with Crippen LogP contribution >= 0.6 is 0 Å². The minimum atomic E-state index is 0.118. The number of carbonyl (C=O) groups excluding carboxylic acids is 1. The van der Waals surface area contributed by atoms with Gasteiger partial charge in [-0.05, 0) is 70.1 Å². The van der Waals surface area contributed by atoms with E-state index in [9.17, 15) is 4.79 Å². The standard InChI is InChI=1S/C23H28N2O/c1-4-24-13-11-23(12-14-24)16-25(21-10-7-18(3)15-20(21)23)22(26)19-8-5-17(2)6-9-19/h5-10,15H,4,11-14,16H2,1-3H3. The zero-order valence-corrected chi connectivity index (χ0v) is 16.1. The molecular weight excluding hydrogens is 320 g/mol. The summed E-state index contributed by atoms with van der Waals surface area (Å²) < 4.78 is 0. The molecule has 2 aliphatic heterocycles. The first kappa shape index (κ1) is 17.3. The molecule has 26 heavy (non-hydrogen) atoms. The average molecular weight is 348 g/mol. The van der Waals surface area contributed by atoms with E-state index in [4.69, 9.17) is 0 Å². The Morgan fingerprint density at radius 2 is 1.65 bits per heavy atom. The summed E-state index contributed by atoms with van der Waals surface area (Å²) in [6, 6.07) is 14.6. The number of likely N-dealkylation sites (tertiary alicyclic amines) is 1. The molecule has 0 N–H and O–H groups in total. The number of hydrogen-bond acceptors (Lipinski definition) is 2. The van der Waals surface area contributed by atoms with Crippen molar-refractivity contribution >= 4 is 11.6 Å². The summed E-state index contributed by atoms with van der Waals surface area (Å²) in [4.78, 5) is 17.8. The third-order valence-electron chi connectivity index (χ3n) is 6.28. The molecule has 0 aliphatic carbocycles. The van der Waals surface area contributed by atoms with E-state index in [1.54, 1.807) is 0 Å². The van der Waals surface area contributed by atoms with Crippen LogP contribution in [0.15, 0.2) is 42.5 Å². The molecule has 2 aromatic carbocycles. The van der Waals surface area contributed by atoms with Crippen molar-refractivity contribution in [3.05, 3.63) is 64.7 Å². The van der Waals surface area contributed by atoms with E-state index < -0.39 is 0 Å². The lowest BCUT2D eigenvalue weighted by molar-refractivity contribution is 0.0977. The molecule has 0 aromatic heterocycles. The highest BCUT2D eigenvalue weighted by Gasteiger charge is 2.46. The molecule has 1 amide bonds. The van der Waals surface area contributed by atoms with Crippen LogP contribution in [-0.2, 0) is 5.41 Å². The van der Waals surface area contributed by atoms with Gasteiger partial charge in [0.05, 0.1) is 0 Å². The molecule has 136 valence electrons. The normalized spacial score (nSPS) is 19.0. The topological polar surface area (TPSA) is 23.6 Å². The van der Waals surface area contributed by atoms with Crippen LogP contribution in [0.3, 0.4) is 0 Å². The van der Waals surface area contributed by atoms with Gasteiger partial charge in [-0.2, -0.15) is 0 Å². The largest absolute Gasteiger partial charge is 0.307 e. The Labute approximate surface area is 156 Å². The van der Waals surface area contributed by atoms with Crippen molar-refractivity contribution in [3.63, 3.8) is 0 Å². The Morgan fingerprint density at radius 1 is 1.00 bits per heavy atom. The summed E-state index contributed by atoms with van der Waals surface area (Å²) in [5, 5.41) is 0. The molecule has 0 radical (unpaired) electrons. The van der Waals surface area contributed by atoms with Gasteiger partial charge in [-0.3, -0.25) is 4.79 Å². The van der Waals surface area contributed by atoms with Crippen LogP contribution in [0, 0.1) is 13.8 Å². The first-order valence-electron chi connectivity index (χ1n) is 9.74. The molecule has 0 saturated carbocycles. The van der Waals surface area contributed by atoms with Gasteiger partial charge in [-0.15, -0.1) is 0 Å². The van der Waals surface area contributed by atoms with Crippen molar-refractivity contribution in [3.8, 4) is 0 Å². The lowest BCUT2D eigenvalue weighted by Crippen LogP contribution is -2.46. The summed E-state index contributed by atoms with van der Waals surface area (Å²) >= 11 is 0. The number of aryl methyl sites for hydroxylation is 2. The van der Waals surface area contributed by atoms with E-state index in [-0.39, 0.29) is 11.3 Å². The second-order valence-electron chi connectivity index (χ2n) is 7.99. The van der Waals surface area contributed by atoms with Crippen LogP contribution in [0.25, 0.3) is 0 Å². The number of rotatable bonds is 2. The van der Waals surface area contributed by atoms with Crippen molar-refractivity contribution < 1.29 is 4.79 Å². The van der Waals surface area contributed by atoms with Crippen molar-refractivity contribution in [1.29, 1.82) is 0 Å². The number of carbonyl (C=O) groups is 1. The summed E-state index contributed by atoms with van der Waals surface area (Å²) in [7, 11) is 0. The summed E-state index contributed by atoms with van der Waals surface area (Å²) in [5.41, 5.74) is 5.87. The molecule has 1 spiro atoms. The highest BCUT2D eigenvalue weighted by atomic mass is 16.2. The number of hydrogen-bond donors (Lipinski definition) is 0. The van der Waals surface area contributed by atoms with Gasteiger partial charge in [0.2, 0.25) is 0 Å². The van der Waals surface area contributed by atoms with Gasteiger partial charge < -0.3 is 9.80 Å². The first-order chi connectivity index (χ1) is 12.5. The van der Waals surface area contributed by atoms with Gasteiger partial charge in [-0.1, -0.05) is 42.3 Å². The molecule has 2 aliphatic rings. The van der Waals surface area contributed by atoms with Gasteiger partial charge in [-0.25, -0.2) is 0 Å². The Morgan fingerprint density at radius 3 is 2.31 bits per heavy atom. The Kier molecular flexibility index (Phi) is 4.36. The molecule has 2 aromatic rings. The molecule has 1 saturated heterocycles. The molecular formula is C23H28N2O. The number of piperidine rings is 1. The van der Waals surface area contributed by atoms with E-state index in [1.807, 2.05) is 29.2 Å². The van der Waals surface area contributed by atoms with Gasteiger partial charge in [0.15, 0.2) is 0 Å². The molecule has 0 unspecified atom stereocenters. The third kappa shape index (κ3) is 2.84. The first-order valence-corrected chi connectivity index (χ1v) is 9.74. The van der Waals surface area contributed by atoms with Crippen LogP contribution in [-0.4, -0.2) is 37.0 Å². The molecule has 2 heterocycles. The zero-order chi connectivity index (χ0) is 18.3. The number of fused-ring (bicyclic) bond motifs is 2. The minimum absolute atomic E-state index is 0.118. The van der Waals surface area contributed by atoms with Crippen LogP contribution in [0.4, 0.5) is 5.69 Å². The van der Waals surface area contributed by atoms with E-state index in [1.165, 1.54) is 16.7 Å². The van der Waals surface area contributed by atoms with Crippen LogP contribution in [0.1, 0.15) is 46.8 Å². The lowest BCUT2D eigenvalue weighted by Gasteiger charge is -2.39. The van der Waals surface area contributed by atoms with E-state index in [0.29, 0.717) is 0 Å². The summed E-state index contributed by atoms with van der Waals surface area (Å²) in [5.74, 6) is 0.130. The molecule has 0 bridgehead atoms. The number of amides is 1. The molecule has 1 fully saturated rings. The summed E-state index contributed by atoms with van der Waals surface area (Å²) in [6.07, 6.45) is 2.27. The number of nitrogens with zero attached hydrogens (tertiary/aromatic N) is 2. The molecule has 3 heteroatoms. The minimum Gasteiger partial charge on any atom is -0.307 e. The predicted molar refractivity (Wildman–Crippen MR) is 107 cm³/mol. The highest BCUT2D eigenvalue weighted by Crippen LogP contribution is 2.47. The average Bonchev–Trinajstić information content (AvgIpc) is 2.96. The predicted octanol–water partition coefficient (Wildman–Crippen LogP) is 4.32. The van der Waals surface area contributed by atoms with E-state index in [0.717, 1.165) is 50.3 Å². The molecule has 4 rings (SSSR count). The number of benzene rings is 2. The Bertz CT molecular complexity index is 817. The Balaban J connectivity index is 1.70. The van der Waals surface area contributed by atoms with Crippen molar-refractivity contribution in [1.82, 2.24) is 4.90 Å². The second-order valence-corrected chi connectivity index (χ2v) is 7.99. The fourth-order valence-electron chi connectivity index (χ4n) is 4.54. The quantitative estimate of drug-likeness (QED) is 0.807. The van der Waals surface area contributed by atoms with E-state index >= 15 is 0 Å². The van der Waals surface area contributed by atoms with Crippen molar-refractivity contribution in [2.24, 2.45) is 0 Å².